The minimum atomic E-state index is 0.591. The second kappa shape index (κ2) is 14.1. The van der Waals surface area contributed by atoms with Crippen molar-refractivity contribution in [3.63, 3.8) is 0 Å². The van der Waals surface area contributed by atoms with Crippen LogP contribution in [0.2, 0.25) is 0 Å². The predicted octanol–water partition coefficient (Wildman–Crippen LogP) is 13.7. The Labute approximate surface area is 301 Å². The van der Waals surface area contributed by atoms with Gasteiger partial charge in [-0.25, -0.2) is 0 Å². The summed E-state index contributed by atoms with van der Waals surface area (Å²) in [5.41, 5.74) is 8.48. The molecule has 3 heterocycles. The van der Waals surface area contributed by atoms with Gasteiger partial charge in [-0.15, -0.1) is 35.0 Å². The third-order valence-corrected chi connectivity index (χ3v) is 11.3. The summed E-state index contributed by atoms with van der Waals surface area (Å²) in [5.74, 6) is 2.76. The molecule has 0 bridgehead atoms. The maximum absolute atomic E-state index is 5.62. The van der Waals surface area contributed by atoms with E-state index >= 15 is 0 Å². The first-order chi connectivity index (χ1) is 24.7. The van der Waals surface area contributed by atoms with Gasteiger partial charge in [0, 0.05) is 47.8 Å². The van der Waals surface area contributed by atoms with Crippen molar-refractivity contribution in [3.05, 3.63) is 174 Å². The van der Waals surface area contributed by atoms with Crippen LogP contribution in [-0.4, -0.2) is 4.57 Å². The van der Waals surface area contributed by atoms with Gasteiger partial charge in [0.15, 0.2) is 0 Å². The SMILES string of the molecule is C#CC/C=C(\C=C/c1ccccc1)c1ccc2c(c1)c1cc3sccc3cc1n2-c1ccccc1.CCc1ccc2sc3ccccc3c2c1. The van der Waals surface area contributed by atoms with Gasteiger partial charge in [-0.1, -0.05) is 104 Å². The quantitative estimate of drug-likeness (QED) is 0.122. The molecule has 0 radical (unpaired) electrons. The number of allylic oxidation sites excluding steroid dienone is 3. The second-order valence-corrected chi connectivity index (χ2v) is 14.4. The van der Waals surface area contributed by atoms with Crippen LogP contribution in [0.15, 0.2) is 157 Å². The van der Waals surface area contributed by atoms with Crippen molar-refractivity contribution in [1.29, 1.82) is 0 Å². The molecule has 3 heteroatoms. The van der Waals surface area contributed by atoms with Gasteiger partial charge in [0.1, 0.15) is 0 Å². The Balaban J connectivity index is 0.000000200. The Morgan fingerprint density at radius 2 is 1.44 bits per heavy atom. The van der Waals surface area contributed by atoms with Crippen LogP contribution >= 0.6 is 22.7 Å². The maximum Gasteiger partial charge on any atom is 0.0548 e. The van der Waals surface area contributed by atoms with Crippen molar-refractivity contribution in [2.75, 3.05) is 0 Å². The summed E-state index contributed by atoms with van der Waals surface area (Å²) in [6.07, 6.45) is 13.8. The number of terminal acetylenes is 1. The van der Waals surface area contributed by atoms with Crippen LogP contribution < -0.4 is 0 Å². The Hall–Kier alpha value is -5.66. The highest BCUT2D eigenvalue weighted by atomic mass is 32.1. The molecule has 9 rings (SSSR count). The van der Waals surface area contributed by atoms with E-state index in [1.165, 1.54) is 74.4 Å². The topological polar surface area (TPSA) is 4.93 Å². The minimum absolute atomic E-state index is 0.591. The van der Waals surface area contributed by atoms with Gasteiger partial charge < -0.3 is 4.57 Å². The molecule has 0 aliphatic carbocycles. The summed E-state index contributed by atoms with van der Waals surface area (Å²) >= 11 is 3.67. The maximum atomic E-state index is 5.62. The summed E-state index contributed by atoms with van der Waals surface area (Å²) < 4.78 is 6.46. The predicted molar refractivity (Wildman–Crippen MR) is 222 cm³/mol. The summed E-state index contributed by atoms with van der Waals surface area (Å²) in [7, 11) is 0. The van der Waals surface area contributed by atoms with Crippen LogP contribution in [-0.2, 0) is 6.42 Å². The van der Waals surface area contributed by atoms with E-state index < -0.39 is 0 Å². The van der Waals surface area contributed by atoms with Crippen molar-refractivity contribution in [2.24, 2.45) is 0 Å². The number of benzene rings is 6. The number of hydrogen-bond donors (Lipinski definition) is 0. The average molecular weight is 678 g/mol. The van der Waals surface area contributed by atoms with E-state index in [1.807, 2.05) is 17.4 Å². The van der Waals surface area contributed by atoms with Crippen molar-refractivity contribution < 1.29 is 0 Å². The molecule has 3 aromatic heterocycles. The van der Waals surface area contributed by atoms with Crippen LogP contribution in [0.4, 0.5) is 0 Å². The molecule has 6 aromatic carbocycles. The van der Waals surface area contributed by atoms with E-state index in [2.05, 4.69) is 174 Å². The minimum Gasteiger partial charge on any atom is -0.309 e. The number of thiophene rings is 2. The van der Waals surface area contributed by atoms with Gasteiger partial charge >= 0.3 is 0 Å². The van der Waals surface area contributed by atoms with Crippen molar-refractivity contribution in [2.45, 2.75) is 19.8 Å². The van der Waals surface area contributed by atoms with Crippen LogP contribution in [0.25, 0.3) is 69.4 Å². The fraction of sp³-hybridized carbons (Fsp3) is 0.0638. The number of rotatable bonds is 6. The molecule has 240 valence electrons. The fourth-order valence-corrected chi connectivity index (χ4v) is 8.60. The molecule has 1 nitrogen and oxygen atoms in total. The van der Waals surface area contributed by atoms with Gasteiger partial charge in [-0.05, 0) is 100 Å². The van der Waals surface area contributed by atoms with Gasteiger partial charge in [0.2, 0.25) is 0 Å². The van der Waals surface area contributed by atoms with E-state index in [-0.39, 0.29) is 0 Å². The summed E-state index contributed by atoms with van der Waals surface area (Å²) in [5, 5.41) is 8.77. The molecule has 9 aromatic rings. The van der Waals surface area contributed by atoms with E-state index in [0.717, 1.165) is 12.0 Å². The molecule has 0 aliphatic heterocycles. The number of aromatic nitrogens is 1. The zero-order chi connectivity index (χ0) is 33.9. The standard InChI is InChI=1S/C33H23NS.C14H12S/c1-2-3-12-25(16-15-24-10-6-4-7-11-24)26-17-18-31-29(21-26)30-23-33-27(19-20-35-33)22-32(30)34(31)28-13-8-5-9-14-28;1-2-10-7-8-14-12(9-10)11-5-3-4-6-13(11)15-14/h1,4-23H,3H2;3-9H,2H2,1H3/b16-15-,25-12+;. The van der Waals surface area contributed by atoms with Gasteiger partial charge in [0.25, 0.3) is 0 Å². The highest BCUT2D eigenvalue weighted by Gasteiger charge is 2.15. The molecule has 50 heavy (non-hydrogen) atoms. The van der Waals surface area contributed by atoms with Crippen molar-refractivity contribution in [3.8, 4) is 18.0 Å². The number of fused-ring (bicyclic) bond motifs is 7. The van der Waals surface area contributed by atoms with E-state index in [1.54, 1.807) is 11.3 Å². The molecule has 0 fully saturated rings. The molecular formula is C47H35NS2. The lowest BCUT2D eigenvalue weighted by atomic mass is 10.0. The van der Waals surface area contributed by atoms with Gasteiger partial charge in [-0.3, -0.25) is 0 Å². The molecule has 0 atom stereocenters. The van der Waals surface area contributed by atoms with Gasteiger partial charge in [-0.2, -0.15) is 0 Å². The number of hydrogen-bond acceptors (Lipinski definition) is 2. The highest BCUT2D eigenvalue weighted by Crippen LogP contribution is 2.38. The number of para-hydroxylation sites is 1. The number of nitrogens with zero attached hydrogens (tertiary/aromatic N) is 1. The Morgan fingerprint density at radius 3 is 2.26 bits per heavy atom. The molecule has 0 spiro atoms. The fourth-order valence-electron chi connectivity index (χ4n) is 6.70. The third-order valence-electron chi connectivity index (χ3n) is 9.23. The largest absolute Gasteiger partial charge is 0.309 e. The van der Waals surface area contributed by atoms with Gasteiger partial charge in [0.05, 0.1) is 11.0 Å². The summed E-state index contributed by atoms with van der Waals surface area (Å²) in [4.78, 5) is 0. The molecule has 0 saturated carbocycles. The molecule has 0 aliphatic rings. The summed E-state index contributed by atoms with van der Waals surface area (Å²) in [6.45, 7) is 2.20. The first-order valence-electron chi connectivity index (χ1n) is 17.0. The lowest BCUT2D eigenvalue weighted by molar-refractivity contribution is 1.15. The Kier molecular flexibility index (Phi) is 8.88. The lowest BCUT2D eigenvalue weighted by Crippen LogP contribution is -1.93. The Morgan fingerprint density at radius 1 is 0.680 bits per heavy atom. The average Bonchev–Trinajstić information content (AvgIpc) is 3.88. The number of aryl methyl sites for hydroxylation is 1. The monoisotopic (exact) mass is 677 g/mol. The van der Waals surface area contributed by atoms with Crippen molar-refractivity contribution >= 4 is 86.4 Å². The van der Waals surface area contributed by atoms with Crippen LogP contribution in [0, 0.1) is 12.3 Å². The van der Waals surface area contributed by atoms with E-state index in [4.69, 9.17) is 6.42 Å². The second-order valence-electron chi connectivity index (χ2n) is 12.3. The molecule has 0 N–H and O–H groups in total. The van der Waals surface area contributed by atoms with E-state index in [9.17, 15) is 0 Å². The first-order valence-corrected chi connectivity index (χ1v) is 18.7. The third kappa shape index (κ3) is 6.16. The highest BCUT2D eigenvalue weighted by molar-refractivity contribution is 7.25. The van der Waals surface area contributed by atoms with Crippen LogP contribution in [0.1, 0.15) is 30.0 Å². The van der Waals surface area contributed by atoms with Crippen LogP contribution in [0.5, 0.6) is 0 Å². The summed E-state index contributed by atoms with van der Waals surface area (Å²) in [6, 6.07) is 50.0. The zero-order valence-electron chi connectivity index (χ0n) is 27.8. The molecule has 0 saturated heterocycles. The molecule has 0 unspecified atom stereocenters. The zero-order valence-corrected chi connectivity index (χ0v) is 29.5. The normalized spacial score (nSPS) is 11.9. The molecule has 0 amide bonds. The van der Waals surface area contributed by atoms with E-state index in [0.29, 0.717) is 6.42 Å². The molecular weight excluding hydrogens is 643 g/mol. The van der Waals surface area contributed by atoms with Crippen molar-refractivity contribution in [1.82, 2.24) is 4.57 Å². The van der Waals surface area contributed by atoms with Crippen LogP contribution in [0.3, 0.4) is 0 Å². The lowest BCUT2D eigenvalue weighted by Gasteiger charge is -2.08. The first kappa shape index (κ1) is 31.6. The smallest absolute Gasteiger partial charge is 0.0548 e. The Bertz CT molecular complexity index is 2710.